The second-order valence-corrected chi connectivity index (χ2v) is 7.66. The summed E-state index contributed by atoms with van der Waals surface area (Å²) in [6.07, 6.45) is 5.65. The third kappa shape index (κ3) is 2.53. The zero-order valence-corrected chi connectivity index (χ0v) is 16.7. The van der Waals surface area contributed by atoms with Crippen molar-refractivity contribution in [2.24, 2.45) is 7.05 Å². The number of benzene rings is 1. The first-order valence-electron chi connectivity index (χ1n) is 9.75. The second-order valence-electron chi connectivity index (χ2n) is 7.66. The lowest BCUT2D eigenvalue weighted by atomic mass is 9.73. The smallest absolute Gasteiger partial charge is 0.255 e. The lowest BCUT2D eigenvalue weighted by Crippen LogP contribution is -2.42. The average Bonchev–Trinajstić information content (AvgIpc) is 3.45. The van der Waals surface area contributed by atoms with Crippen LogP contribution in [0.2, 0.25) is 0 Å². The third-order valence-electron chi connectivity index (χ3n) is 6.08. The summed E-state index contributed by atoms with van der Waals surface area (Å²) in [6, 6.07) is 10.6. The molecule has 30 heavy (non-hydrogen) atoms. The Hall–Kier alpha value is -3.68. The van der Waals surface area contributed by atoms with Crippen molar-refractivity contribution in [3.05, 3.63) is 71.7 Å². The van der Waals surface area contributed by atoms with Gasteiger partial charge in [0.1, 0.15) is 5.41 Å². The zero-order valence-electron chi connectivity index (χ0n) is 16.7. The highest BCUT2D eigenvalue weighted by molar-refractivity contribution is 6.08. The first kappa shape index (κ1) is 18.4. The molecule has 0 aliphatic carbocycles. The molecule has 0 radical (unpaired) electrons. The minimum atomic E-state index is -0.852. The number of aryl methyl sites for hydroxylation is 1. The number of ether oxygens (including phenoxy) is 1. The summed E-state index contributed by atoms with van der Waals surface area (Å²) in [5.41, 5.74) is 2.16. The minimum Gasteiger partial charge on any atom is -0.481 e. The molecular formula is C22H21N5O3. The van der Waals surface area contributed by atoms with Crippen LogP contribution in [0.25, 0.3) is 0 Å². The number of carbonyl (C=O) groups excluding carboxylic acids is 2. The van der Waals surface area contributed by atoms with E-state index >= 15 is 0 Å². The van der Waals surface area contributed by atoms with E-state index in [1.807, 2.05) is 37.5 Å². The maximum absolute atomic E-state index is 13.5. The van der Waals surface area contributed by atoms with Crippen LogP contribution in [-0.4, -0.2) is 45.1 Å². The summed E-state index contributed by atoms with van der Waals surface area (Å²) in [5.74, 6) is 0.186. The molecule has 1 fully saturated rings. The van der Waals surface area contributed by atoms with Crippen molar-refractivity contribution in [3.63, 3.8) is 0 Å². The van der Waals surface area contributed by atoms with Crippen molar-refractivity contribution in [3.8, 4) is 5.88 Å². The number of fused-ring (bicyclic) bond motifs is 2. The van der Waals surface area contributed by atoms with Crippen LogP contribution in [0.5, 0.6) is 5.88 Å². The van der Waals surface area contributed by atoms with Crippen molar-refractivity contribution in [1.82, 2.24) is 19.7 Å². The number of carbonyl (C=O) groups is 2. The number of rotatable bonds is 3. The molecule has 8 heteroatoms. The van der Waals surface area contributed by atoms with Gasteiger partial charge in [0.15, 0.2) is 0 Å². The van der Waals surface area contributed by atoms with E-state index in [-0.39, 0.29) is 11.8 Å². The van der Waals surface area contributed by atoms with Gasteiger partial charge in [0, 0.05) is 43.3 Å². The molecule has 5 rings (SSSR count). The van der Waals surface area contributed by atoms with Crippen molar-refractivity contribution in [2.45, 2.75) is 17.9 Å². The van der Waals surface area contributed by atoms with Crippen LogP contribution in [0.15, 0.2) is 55.0 Å². The number of amides is 2. The molecular weight excluding hydrogens is 382 g/mol. The van der Waals surface area contributed by atoms with Gasteiger partial charge >= 0.3 is 0 Å². The Morgan fingerprint density at radius 2 is 2.07 bits per heavy atom. The molecule has 0 unspecified atom stereocenters. The molecule has 2 amide bonds. The van der Waals surface area contributed by atoms with Crippen molar-refractivity contribution in [2.75, 3.05) is 19.0 Å². The first-order chi connectivity index (χ1) is 14.5. The standard InChI is InChI=1S/C22H21N5O3/c1-26-13-15(12-24-26)19-22(16-5-3-4-6-17(16)25-21(22)29)9-10-27(19)20(28)14-7-8-18(30-2)23-11-14/h3-8,11-13,19H,9-10H2,1-2H3,(H,25,29)/t19-,22+/m0/s1. The summed E-state index contributed by atoms with van der Waals surface area (Å²) in [6.45, 7) is 0.451. The Kier molecular flexibility index (Phi) is 4.09. The number of anilines is 1. The Morgan fingerprint density at radius 1 is 1.23 bits per heavy atom. The molecule has 1 spiro atoms. The van der Waals surface area contributed by atoms with Crippen LogP contribution in [0.4, 0.5) is 5.69 Å². The van der Waals surface area contributed by atoms with Gasteiger partial charge in [-0.15, -0.1) is 0 Å². The minimum absolute atomic E-state index is 0.0827. The zero-order chi connectivity index (χ0) is 20.9. The molecule has 1 aromatic carbocycles. The Balaban J connectivity index is 1.62. The number of aromatic nitrogens is 3. The van der Waals surface area contributed by atoms with Gasteiger partial charge in [-0.05, 0) is 24.1 Å². The largest absolute Gasteiger partial charge is 0.481 e. The van der Waals surface area contributed by atoms with Gasteiger partial charge in [-0.2, -0.15) is 5.10 Å². The summed E-state index contributed by atoms with van der Waals surface area (Å²) < 4.78 is 6.79. The first-order valence-corrected chi connectivity index (χ1v) is 9.75. The van der Waals surface area contributed by atoms with Crippen molar-refractivity contribution < 1.29 is 14.3 Å². The Labute approximate surface area is 173 Å². The van der Waals surface area contributed by atoms with E-state index in [9.17, 15) is 9.59 Å². The molecule has 2 aliphatic heterocycles. The van der Waals surface area contributed by atoms with Crippen LogP contribution in [0, 0.1) is 0 Å². The van der Waals surface area contributed by atoms with Crippen molar-refractivity contribution in [1.29, 1.82) is 0 Å². The quantitative estimate of drug-likeness (QED) is 0.725. The fraction of sp³-hybridized carbons (Fsp3) is 0.273. The predicted molar refractivity (Wildman–Crippen MR) is 109 cm³/mol. The number of pyridine rings is 1. The Bertz CT molecular complexity index is 1140. The van der Waals surface area contributed by atoms with Gasteiger partial charge in [-0.3, -0.25) is 14.3 Å². The van der Waals surface area contributed by atoms with Crippen LogP contribution < -0.4 is 10.1 Å². The number of nitrogens with one attached hydrogen (secondary N) is 1. The average molecular weight is 403 g/mol. The van der Waals surface area contributed by atoms with E-state index in [1.54, 1.807) is 27.9 Å². The molecule has 2 aromatic heterocycles. The van der Waals surface area contributed by atoms with E-state index in [1.165, 1.54) is 13.3 Å². The number of hydrogen-bond acceptors (Lipinski definition) is 5. The lowest BCUT2D eigenvalue weighted by molar-refractivity contribution is -0.121. The van der Waals surface area contributed by atoms with Gasteiger partial charge in [-0.25, -0.2) is 4.98 Å². The van der Waals surface area contributed by atoms with Crippen LogP contribution in [0.3, 0.4) is 0 Å². The van der Waals surface area contributed by atoms with E-state index < -0.39 is 11.5 Å². The highest BCUT2D eigenvalue weighted by atomic mass is 16.5. The monoisotopic (exact) mass is 403 g/mol. The molecule has 4 heterocycles. The van der Waals surface area contributed by atoms with Gasteiger partial charge in [-0.1, -0.05) is 18.2 Å². The second kappa shape index (κ2) is 6.69. The number of methoxy groups -OCH3 is 1. The summed E-state index contributed by atoms with van der Waals surface area (Å²) in [7, 11) is 3.36. The van der Waals surface area contributed by atoms with E-state index in [0.29, 0.717) is 24.4 Å². The summed E-state index contributed by atoms with van der Waals surface area (Å²) in [4.78, 5) is 32.7. The number of para-hydroxylation sites is 1. The Morgan fingerprint density at radius 3 is 2.77 bits per heavy atom. The third-order valence-corrected chi connectivity index (χ3v) is 6.08. The fourth-order valence-electron chi connectivity index (χ4n) is 4.74. The highest BCUT2D eigenvalue weighted by Crippen LogP contribution is 2.54. The number of nitrogens with zero attached hydrogens (tertiary/aromatic N) is 4. The van der Waals surface area contributed by atoms with Gasteiger partial charge in [0.2, 0.25) is 11.8 Å². The SMILES string of the molecule is COc1ccc(C(=O)N2CC[C@]3(C(=O)Nc4ccccc43)[C@@H]2c2cnn(C)c2)cn1. The molecule has 8 nitrogen and oxygen atoms in total. The van der Waals surface area contributed by atoms with Crippen LogP contribution >= 0.6 is 0 Å². The van der Waals surface area contributed by atoms with Crippen LogP contribution in [-0.2, 0) is 17.3 Å². The molecule has 1 N–H and O–H groups in total. The van der Waals surface area contributed by atoms with E-state index in [2.05, 4.69) is 15.4 Å². The fourth-order valence-corrected chi connectivity index (χ4v) is 4.74. The molecule has 2 aliphatic rings. The maximum atomic E-state index is 13.5. The van der Waals surface area contributed by atoms with Crippen molar-refractivity contribution >= 4 is 17.5 Å². The van der Waals surface area contributed by atoms with Gasteiger partial charge < -0.3 is 15.0 Å². The highest BCUT2D eigenvalue weighted by Gasteiger charge is 2.59. The topological polar surface area (TPSA) is 89.4 Å². The summed E-state index contributed by atoms with van der Waals surface area (Å²) >= 11 is 0. The molecule has 0 bridgehead atoms. The molecule has 3 aromatic rings. The summed E-state index contributed by atoms with van der Waals surface area (Å²) in [5, 5.41) is 7.32. The number of hydrogen-bond donors (Lipinski definition) is 1. The van der Waals surface area contributed by atoms with Gasteiger partial charge in [0.05, 0.1) is 24.9 Å². The molecule has 152 valence electrons. The number of likely N-dealkylation sites (tertiary alicyclic amines) is 1. The predicted octanol–water partition coefficient (Wildman–Crippen LogP) is 2.30. The molecule has 1 saturated heterocycles. The molecule has 2 atom stereocenters. The maximum Gasteiger partial charge on any atom is 0.255 e. The van der Waals surface area contributed by atoms with Crippen LogP contribution in [0.1, 0.15) is 33.9 Å². The van der Waals surface area contributed by atoms with Gasteiger partial charge in [0.25, 0.3) is 5.91 Å². The lowest BCUT2D eigenvalue weighted by Gasteiger charge is -2.33. The van der Waals surface area contributed by atoms with E-state index in [4.69, 9.17) is 4.74 Å². The molecule has 0 saturated carbocycles. The normalized spacial score (nSPS) is 22.3. The van der Waals surface area contributed by atoms with E-state index in [0.717, 1.165) is 16.8 Å².